The fourth-order valence-electron chi connectivity index (χ4n) is 10.7. The van der Waals surface area contributed by atoms with Gasteiger partial charge in [0.05, 0.1) is 11.5 Å². The summed E-state index contributed by atoms with van der Waals surface area (Å²) in [5.41, 5.74) is 1.56. The van der Waals surface area contributed by atoms with Gasteiger partial charge in [-0.15, -0.1) is 0 Å². The molecule has 186 valence electrons. The molecule has 5 aliphatic rings. The molecule has 0 radical (unpaired) electrons. The van der Waals surface area contributed by atoms with E-state index in [0.717, 1.165) is 19.3 Å². The fraction of sp³-hybridized carbons (Fsp3) is 0.900. The first kappa shape index (κ1) is 23.9. The van der Waals surface area contributed by atoms with Gasteiger partial charge in [0.2, 0.25) is 0 Å². The zero-order valence-corrected chi connectivity index (χ0v) is 22.3. The highest BCUT2D eigenvalue weighted by Gasteiger charge is 2.69. The minimum atomic E-state index is -0.650. The highest BCUT2D eigenvalue weighted by molar-refractivity contribution is 5.74. The molecule has 4 saturated carbocycles. The van der Waals surface area contributed by atoms with Gasteiger partial charge >= 0.3 is 5.97 Å². The van der Waals surface area contributed by atoms with E-state index >= 15 is 0 Å². The lowest BCUT2D eigenvalue weighted by molar-refractivity contribution is -0.207. The van der Waals surface area contributed by atoms with Crippen molar-refractivity contribution in [3.63, 3.8) is 0 Å². The standard InChI is InChI=1S/C30H48O3/c1-25(2)10-8-11-28(5)22(25)9-12-30(7)23(28)21(31)17-19-20-18-27(4,24(32)33)14-13-26(20,3)15-16-29(19,30)6/h17,20-23,31H,8-16,18H2,1-7H3,(H,32,33)/t20?,21?,22?,23?,26-,27+,28+,29-,30-/m1/s1. The SMILES string of the molecule is CC1(C)CCC[C@@]2(C)C1CC[C@]1(C)C2C(O)C=C2C3C[C@@](C)(C(=O)O)CC[C@]3(C)CC[C@]21C. The normalized spacial score (nSPS) is 55.3. The minimum absolute atomic E-state index is 0.0490. The van der Waals surface area contributed by atoms with Crippen LogP contribution in [0.5, 0.6) is 0 Å². The molecular weight excluding hydrogens is 408 g/mol. The van der Waals surface area contributed by atoms with Gasteiger partial charge in [-0.05, 0) is 104 Å². The number of hydrogen-bond donors (Lipinski definition) is 2. The molecule has 2 N–H and O–H groups in total. The number of aliphatic carboxylic acids is 1. The van der Waals surface area contributed by atoms with Gasteiger partial charge in [-0.1, -0.05) is 59.6 Å². The molecule has 3 nitrogen and oxygen atoms in total. The van der Waals surface area contributed by atoms with Crippen LogP contribution in [-0.4, -0.2) is 22.3 Å². The Balaban J connectivity index is 1.62. The van der Waals surface area contributed by atoms with Crippen LogP contribution in [0.3, 0.4) is 0 Å². The summed E-state index contributed by atoms with van der Waals surface area (Å²) < 4.78 is 0. The number of fused-ring (bicyclic) bond motifs is 7. The zero-order valence-electron chi connectivity index (χ0n) is 22.3. The van der Waals surface area contributed by atoms with E-state index in [0.29, 0.717) is 11.3 Å². The van der Waals surface area contributed by atoms with Gasteiger partial charge in [-0.25, -0.2) is 0 Å². The van der Waals surface area contributed by atoms with Gasteiger partial charge in [0.1, 0.15) is 0 Å². The molecule has 4 unspecified atom stereocenters. The predicted molar refractivity (Wildman–Crippen MR) is 133 cm³/mol. The molecule has 0 amide bonds. The van der Waals surface area contributed by atoms with Gasteiger partial charge in [0, 0.05) is 5.92 Å². The van der Waals surface area contributed by atoms with E-state index < -0.39 is 17.5 Å². The minimum Gasteiger partial charge on any atom is -0.481 e. The van der Waals surface area contributed by atoms with Crippen molar-refractivity contribution < 1.29 is 15.0 Å². The molecule has 0 spiro atoms. The number of aliphatic hydroxyl groups is 1. The summed E-state index contributed by atoms with van der Waals surface area (Å²) >= 11 is 0. The quantitative estimate of drug-likeness (QED) is 0.409. The van der Waals surface area contributed by atoms with Crippen molar-refractivity contribution in [2.45, 2.75) is 119 Å². The molecule has 0 saturated heterocycles. The van der Waals surface area contributed by atoms with Crippen molar-refractivity contribution in [3.05, 3.63) is 11.6 Å². The Labute approximate surface area is 201 Å². The third kappa shape index (κ3) is 2.93. The third-order valence-corrected chi connectivity index (χ3v) is 13.0. The Kier molecular flexibility index (Phi) is 4.99. The van der Waals surface area contributed by atoms with Crippen LogP contribution in [0.1, 0.15) is 113 Å². The Bertz CT molecular complexity index is 889. The summed E-state index contributed by atoms with van der Waals surface area (Å²) in [6.45, 7) is 16.8. The summed E-state index contributed by atoms with van der Waals surface area (Å²) in [5, 5.41) is 22.0. The highest BCUT2D eigenvalue weighted by Crippen LogP contribution is 2.75. The largest absolute Gasteiger partial charge is 0.481 e. The number of allylic oxidation sites excluding steroid dienone is 1. The van der Waals surface area contributed by atoms with Crippen LogP contribution in [0, 0.1) is 50.2 Å². The van der Waals surface area contributed by atoms with Gasteiger partial charge in [0.25, 0.3) is 0 Å². The second-order valence-corrected chi connectivity index (χ2v) is 15.1. The Morgan fingerprint density at radius 1 is 0.909 bits per heavy atom. The van der Waals surface area contributed by atoms with E-state index in [4.69, 9.17) is 0 Å². The van der Waals surface area contributed by atoms with Crippen molar-refractivity contribution in [2.24, 2.45) is 50.2 Å². The summed E-state index contributed by atoms with van der Waals surface area (Å²) in [4.78, 5) is 12.2. The molecule has 0 heterocycles. The van der Waals surface area contributed by atoms with Crippen LogP contribution < -0.4 is 0 Å². The molecule has 9 atom stereocenters. The van der Waals surface area contributed by atoms with Crippen molar-refractivity contribution >= 4 is 5.97 Å². The first-order valence-corrected chi connectivity index (χ1v) is 13.8. The van der Waals surface area contributed by atoms with Crippen molar-refractivity contribution in [1.29, 1.82) is 0 Å². The summed E-state index contributed by atoms with van der Waals surface area (Å²) in [5.74, 6) is 0.585. The third-order valence-electron chi connectivity index (χ3n) is 13.0. The van der Waals surface area contributed by atoms with Crippen molar-refractivity contribution in [1.82, 2.24) is 0 Å². The lowest BCUT2D eigenvalue weighted by atomic mass is 9.33. The molecule has 3 heteroatoms. The van der Waals surface area contributed by atoms with E-state index in [-0.39, 0.29) is 33.5 Å². The summed E-state index contributed by atoms with van der Waals surface area (Å²) in [6.07, 6.45) is 13.0. The maximum absolute atomic E-state index is 12.2. The monoisotopic (exact) mass is 456 g/mol. The van der Waals surface area contributed by atoms with Crippen LogP contribution in [0.25, 0.3) is 0 Å². The molecule has 5 rings (SSSR count). The van der Waals surface area contributed by atoms with Crippen LogP contribution in [-0.2, 0) is 4.79 Å². The molecular formula is C30H48O3. The Hall–Kier alpha value is -0.830. The zero-order chi connectivity index (χ0) is 24.2. The number of aliphatic hydroxyl groups excluding tert-OH is 1. The number of carboxylic acid groups (broad SMARTS) is 1. The number of rotatable bonds is 1. The molecule has 0 aromatic carbocycles. The molecule has 33 heavy (non-hydrogen) atoms. The Morgan fingerprint density at radius 3 is 2.24 bits per heavy atom. The molecule has 0 aliphatic heterocycles. The molecule has 0 bridgehead atoms. The first-order valence-electron chi connectivity index (χ1n) is 13.8. The van der Waals surface area contributed by atoms with Crippen LogP contribution in [0.4, 0.5) is 0 Å². The second-order valence-electron chi connectivity index (χ2n) is 15.1. The molecule has 5 aliphatic carbocycles. The van der Waals surface area contributed by atoms with Gasteiger partial charge < -0.3 is 10.2 Å². The maximum atomic E-state index is 12.2. The van der Waals surface area contributed by atoms with Gasteiger partial charge in [-0.2, -0.15) is 0 Å². The number of hydrogen-bond acceptors (Lipinski definition) is 2. The molecule has 0 aromatic heterocycles. The van der Waals surface area contributed by atoms with Gasteiger partial charge in [-0.3, -0.25) is 4.79 Å². The fourth-order valence-corrected chi connectivity index (χ4v) is 10.7. The molecule has 4 fully saturated rings. The first-order chi connectivity index (χ1) is 15.1. The average molecular weight is 457 g/mol. The van der Waals surface area contributed by atoms with E-state index in [2.05, 4.69) is 47.6 Å². The summed E-state index contributed by atoms with van der Waals surface area (Å²) in [7, 11) is 0. The van der Waals surface area contributed by atoms with E-state index in [1.165, 1.54) is 50.5 Å². The summed E-state index contributed by atoms with van der Waals surface area (Å²) in [6, 6.07) is 0. The second kappa shape index (κ2) is 6.89. The van der Waals surface area contributed by atoms with E-state index in [1.807, 2.05) is 6.92 Å². The smallest absolute Gasteiger partial charge is 0.309 e. The lowest BCUT2D eigenvalue weighted by Gasteiger charge is -2.71. The van der Waals surface area contributed by atoms with Gasteiger partial charge in [0.15, 0.2) is 0 Å². The molecule has 0 aromatic rings. The van der Waals surface area contributed by atoms with Crippen LogP contribution >= 0.6 is 0 Å². The van der Waals surface area contributed by atoms with Crippen LogP contribution in [0.15, 0.2) is 11.6 Å². The number of carbonyl (C=O) groups is 1. The lowest BCUT2D eigenvalue weighted by Crippen LogP contribution is -2.66. The van der Waals surface area contributed by atoms with Crippen molar-refractivity contribution in [3.8, 4) is 0 Å². The topological polar surface area (TPSA) is 57.5 Å². The maximum Gasteiger partial charge on any atom is 0.309 e. The van der Waals surface area contributed by atoms with Crippen LogP contribution in [0.2, 0.25) is 0 Å². The Morgan fingerprint density at radius 2 is 1.58 bits per heavy atom. The number of carboxylic acids is 1. The van der Waals surface area contributed by atoms with E-state index in [9.17, 15) is 15.0 Å². The highest BCUT2D eigenvalue weighted by atomic mass is 16.4. The average Bonchev–Trinajstić information content (AvgIpc) is 2.70. The van der Waals surface area contributed by atoms with E-state index in [1.54, 1.807) is 0 Å². The predicted octanol–water partition coefficient (Wildman–Crippen LogP) is 7.23. The van der Waals surface area contributed by atoms with Crippen molar-refractivity contribution in [2.75, 3.05) is 0 Å².